The van der Waals surface area contributed by atoms with E-state index < -0.39 is 5.25 Å². The van der Waals surface area contributed by atoms with E-state index in [2.05, 4.69) is 12.2 Å². The van der Waals surface area contributed by atoms with Gasteiger partial charge < -0.3 is 10.1 Å². The first-order valence-corrected chi connectivity index (χ1v) is 13.1. The zero-order chi connectivity index (χ0) is 25.0. The van der Waals surface area contributed by atoms with Crippen LogP contribution in [-0.4, -0.2) is 46.3 Å². The summed E-state index contributed by atoms with van der Waals surface area (Å²) in [6.07, 6.45) is 5.52. The number of carbonyl (C=O) groups excluding carboxylic acids is 3. The molecular weight excluding hydrogens is 462 g/mol. The third kappa shape index (κ3) is 7.96. The summed E-state index contributed by atoms with van der Waals surface area (Å²) in [5, 5.41) is 2.83. The van der Waals surface area contributed by atoms with E-state index >= 15 is 0 Å². The monoisotopic (exact) mass is 495 g/mol. The maximum absolute atomic E-state index is 13.1. The summed E-state index contributed by atoms with van der Waals surface area (Å²) in [6, 6.07) is 16.0. The van der Waals surface area contributed by atoms with Gasteiger partial charge in [-0.1, -0.05) is 62.6 Å². The lowest BCUT2D eigenvalue weighted by atomic mass is 10.1. The van der Waals surface area contributed by atoms with Crippen LogP contribution < -0.4 is 5.32 Å². The van der Waals surface area contributed by atoms with Crippen molar-refractivity contribution in [3.63, 3.8) is 0 Å². The Hall–Kier alpha value is -3.13. The van der Waals surface area contributed by atoms with E-state index in [-0.39, 0.29) is 24.2 Å². The molecular formula is C27H33N3O4S. The molecule has 0 saturated carbocycles. The molecule has 0 bridgehead atoms. The predicted octanol–water partition coefficient (Wildman–Crippen LogP) is 5.79. The summed E-state index contributed by atoms with van der Waals surface area (Å²) in [5.41, 5.74) is 1.74. The quantitative estimate of drug-likeness (QED) is 0.315. The van der Waals surface area contributed by atoms with Crippen LogP contribution in [0.15, 0.2) is 59.6 Å². The van der Waals surface area contributed by atoms with Crippen LogP contribution in [0.4, 0.5) is 11.4 Å². The first-order valence-electron chi connectivity index (χ1n) is 12.2. The second-order valence-corrected chi connectivity index (χ2v) is 9.46. The van der Waals surface area contributed by atoms with Crippen LogP contribution in [0, 0.1) is 0 Å². The highest BCUT2D eigenvalue weighted by Gasteiger charge is 2.35. The highest BCUT2D eigenvalue weighted by Crippen LogP contribution is 2.30. The smallest absolute Gasteiger partial charge is 0.338 e. The van der Waals surface area contributed by atoms with Gasteiger partial charge in [0.1, 0.15) is 5.25 Å². The van der Waals surface area contributed by atoms with Crippen molar-refractivity contribution in [3.05, 3.63) is 60.2 Å². The number of rotatable bonds is 11. The first kappa shape index (κ1) is 26.5. The van der Waals surface area contributed by atoms with Gasteiger partial charge in [-0.15, -0.1) is 0 Å². The number of ether oxygens (including phenoxy) is 1. The number of nitrogens with zero attached hydrogens (tertiary/aromatic N) is 2. The van der Waals surface area contributed by atoms with E-state index in [4.69, 9.17) is 9.73 Å². The van der Waals surface area contributed by atoms with Crippen LogP contribution >= 0.6 is 11.8 Å². The highest BCUT2D eigenvalue weighted by molar-refractivity contribution is 8.15. The van der Waals surface area contributed by atoms with Crippen LogP contribution in [0.2, 0.25) is 0 Å². The van der Waals surface area contributed by atoms with E-state index in [1.165, 1.54) is 18.2 Å². The Morgan fingerprint density at radius 2 is 1.74 bits per heavy atom. The van der Waals surface area contributed by atoms with E-state index in [1.54, 1.807) is 36.1 Å². The second-order valence-electron chi connectivity index (χ2n) is 8.29. The summed E-state index contributed by atoms with van der Waals surface area (Å²) < 4.78 is 5.03. The lowest BCUT2D eigenvalue weighted by Gasteiger charge is -2.32. The zero-order valence-electron chi connectivity index (χ0n) is 20.4. The number of hydrogen-bond donors (Lipinski definition) is 1. The van der Waals surface area contributed by atoms with Gasteiger partial charge in [0, 0.05) is 18.7 Å². The van der Waals surface area contributed by atoms with Gasteiger partial charge in [-0.25, -0.2) is 9.79 Å². The molecule has 1 N–H and O–H groups in total. The Bertz CT molecular complexity index is 1020. The number of anilines is 1. The Kier molecular flexibility index (Phi) is 10.3. The third-order valence-electron chi connectivity index (χ3n) is 5.56. The Balaban J connectivity index is 1.77. The van der Waals surface area contributed by atoms with Crippen molar-refractivity contribution in [3.8, 4) is 0 Å². The van der Waals surface area contributed by atoms with Crippen molar-refractivity contribution in [1.82, 2.24) is 4.90 Å². The minimum absolute atomic E-state index is 0.102. The highest BCUT2D eigenvalue weighted by atomic mass is 32.2. The van der Waals surface area contributed by atoms with Gasteiger partial charge in [-0.05, 0) is 49.7 Å². The van der Waals surface area contributed by atoms with Gasteiger partial charge in [0.05, 0.1) is 17.9 Å². The first-order chi connectivity index (χ1) is 17.0. The summed E-state index contributed by atoms with van der Waals surface area (Å²) in [5.74, 6) is -0.711. The van der Waals surface area contributed by atoms with Crippen molar-refractivity contribution >= 4 is 46.1 Å². The standard InChI is InChI=1S/C27H33N3O4S/c1-3-5-6-7-11-18-30-24(31)19-23(25(32)28-21-12-9-8-10-13-21)35-27(30)29-22-16-14-20(15-17-22)26(33)34-4-2/h8-10,12-17,23H,3-7,11,18-19H2,1-2H3,(H,28,32). The minimum Gasteiger partial charge on any atom is -0.462 e. The van der Waals surface area contributed by atoms with E-state index in [1.807, 2.05) is 30.3 Å². The predicted molar refractivity (Wildman–Crippen MR) is 141 cm³/mol. The molecule has 1 saturated heterocycles. The number of esters is 1. The lowest BCUT2D eigenvalue weighted by molar-refractivity contribution is -0.129. The summed E-state index contributed by atoms with van der Waals surface area (Å²) in [6.45, 7) is 4.81. The molecule has 1 unspecified atom stereocenters. The molecule has 7 nitrogen and oxygen atoms in total. The topological polar surface area (TPSA) is 88.1 Å². The van der Waals surface area contributed by atoms with Crippen molar-refractivity contribution in [2.45, 2.75) is 57.6 Å². The van der Waals surface area contributed by atoms with Crippen LogP contribution in [0.25, 0.3) is 0 Å². The molecule has 1 atom stereocenters. The van der Waals surface area contributed by atoms with Gasteiger partial charge in [0.15, 0.2) is 5.17 Å². The van der Waals surface area contributed by atoms with Crippen LogP contribution in [-0.2, 0) is 14.3 Å². The third-order valence-corrected chi connectivity index (χ3v) is 6.75. The minimum atomic E-state index is -0.573. The molecule has 186 valence electrons. The lowest BCUT2D eigenvalue weighted by Crippen LogP contribution is -2.45. The summed E-state index contributed by atoms with van der Waals surface area (Å²) in [4.78, 5) is 44.4. The molecule has 2 aromatic carbocycles. The largest absolute Gasteiger partial charge is 0.462 e. The number of nitrogens with one attached hydrogen (secondary N) is 1. The Labute approximate surface area is 211 Å². The maximum Gasteiger partial charge on any atom is 0.338 e. The molecule has 3 rings (SSSR count). The van der Waals surface area contributed by atoms with Crippen molar-refractivity contribution < 1.29 is 19.1 Å². The maximum atomic E-state index is 13.1. The number of aliphatic imine (C=N–C) groups is 1. The van der Waals surface area contributed by atoms with Gasteiger partial charge >= 0.3 is 5.97 Å². The number of thioether (sulfide) groups is 1. The fraction of sp³-hybridized carbons (Fsp3) is 0.407. The number of para-hydroxylation sites is 1. The van der Waals surface area contributed by atoms with Crippen LogP contribution in [0.1, 0.15) is 62.7 Å². The second kappa shape index (κ2) is 13.7. The fourth-order valence-electron chi connectivity index (χ4n) is 3.68. The average Bonchev–Trinajstić information content (AvgIpc) is 2.86. The van der Waals surface area contributed by atoms with E-state index in [0.29, 0.717) is 35.3 Å². The van der Waals surface area contributed by atoms with Crippen molar-refractivity contribution in [2.24, 2.45) is 4.99 Å². The van der Waals surface area contributed by atoms with Crippen LogP contribution in [0.3, 0.4) is 0 Å². The molecule has 8 heteroatoms. The molecule has 0 spiro atoms. The zero-order valence-corrected chi connectivity index (χ0v) is 21.2. The summed E-state index contributed by atoms with van der Waals surface area (Å²) in [7, 11) is 0. The summed E-state index contributed by atoms with van der Waals surface area (Å²) >= 11 is 1.30. The number of unbranched alkanes of at least 4 members (excludes halogenated alkanes) is 4. The molecule has 0 aromatic heterocycles. The van der Waals surface area contributed by atoms with Gasteiger partial charge in [-0.3, -0.25) is 14.5 Å². The molecule has 0 aliphatic carbocycles. The molecule has 2 aromatic rings. The SMILES string of the molecule is CCCCCCCN1C(=O)CC(C(=O)Nc2ccccc2)SC1=Nc1ccc(C(=O)OCC)cc1. The Morgan fingerprint density at radius 1 is 1.03 bits per heavy atom. The molecule has 2 amide bonds. The fourth-order valence-corrected chi connectivity index (χ4v) is 4.80. The Morgan fingerprint density at radius 3 is 2.43 bits per heavy atom. The van der Waals surface area contributed by atoms with Gasteiger partial charge in [0.25, 0.3) is 0 Å². The normalized spacial score (nSPS) is 16.9. The molecule has 1 aliphatic rings. The van der Waals surface area contributed by atoms with E-state index in [9.17, 15) is 14.4 Å². The van der Waals surface area contributed by atoms with Gasteiger partial charge in [-0.2, -0.15) is 0 Å². The number of benzene rings is 2. The molecule has 0 radical (unpaired) electrons. The van der Waals surface area contributed by atoms with Crippen molar-refractivity contribution in [2.75, 3.05) is 18.5 Å². The van der Waals surface area contributed by atoms with Crippen molar-refractivity contribution in [1.29, 1.82) is 0 Å². The average molecular weight is 496 g/mol. The van der Waals surface area contributed by atoms with Crippen LogP contribution in [0.5, 0.6) is 0 Å². The molecule has 1 aliphatic heterocycles. The molecule has 1 heterocycles. The van der Waals surface area contributed by atoms with Gasteiger partial charge in [0.2, 0.25) is 11.8 Å². The molecule has 35 heavy (non-hydrogen) atoms. The van der Waals surface area contributed by atoms with E-state index in [0.717, 1.165) is 25.7 Å². The number of amidine groups is 1. The number of carbonyl (C=O) groups is 3. The number of hydrogen-bond acceptors (Lipinski definition) is 6. The number of amides is 2. The molecule has 1 fully saturated rings.